The van der Waals surface area contributed by atoms with E-state index < -0.39 is 10.0 Å². The van der Waals surface area contributed by atoms with Crippen LogP contribution in [0.1, 0.15) is 10.4 Å². The lowest BCUT2D eigenvalue weighted by atomic mass is 10.2. The number of hydrogen-bond acceptors (Lipinski definition) is 5. The van der Waals surface area contributed by atoms with Gasteiger partial charge in [0.05, 0.1) is 4.90 Å². The summed E-state index contributed by atoms with van der Waals surface area (Å²) < 4.78 is 26.7. The maximum atomic E-state index is 12.6. The molecule has 1 N–H and O–H groups in total. The number of benzene rings is 1. The van der Waals surface area contributed by atoms with Crippen LogP contribution < -0.4 is 5.32 Å². The minimum absolute atomic E-state index is 0.194. The van der Waals surface area contributed by atoms with E-state index >= 15 is 0 Å². The third kappa shape index (κ3) is 4.76. The Morgan fingerprint density at radius 2 is 1.71 bits per heavy atom. The lowest BCUT2D eigenvalue weighted by molar-refractivity contribution is 0.0951. The van der Waals surface area contributed by atoms with E-state index in [1.807, 2.05) is 26.0 Å². The summed E-state index contributed by atoms with van der Waals surface area (Å²) in [6, 6.07) is 6.14. The Bertz CT molecular complexity index is 650. The summed E-state index contributed by atoms with van der Waals surface area (Å²) in [5, 5.41) is 2.81. The molecule has 1 saturated heterocycles. The van der Waals surface area contributed by atoms with Crippen molar-refractivity contribution in [3.8, 4) is 0 Å². The van der Waals surface area contributed by atoms with Crippen molar-refractivity contribution < 1.29 is 13.2 Å². The summed E-state index contributed by atoms with van der Waals surface area (Å²) in [5.74, 6) is -0.194. The second-order valence-electron chi connectivity index (χ2n) is 6.29. The summed E-state index contributed by atoms with van der Waals surface area (Å²) in [6.07, 6.45) is 0. The largest absolute Gasteiger partial charge is 0.351 e. The fourth-order valence-electron chi connectivity index (χ4n) is 2.45. The van der Waals surface area contributed by atoms with Gasteiger partial charge in [0.1, 0.15) is 0 Å². The van der Waals surface area contributed by atoms with Crippen molar-refractivity contribution in [2.75, 3.05) is 60.4 Å². The number of sulfonamides is 1. The molecule has 7 nitrogen and oxygen atoms in total. The van der Waals surface area contributed by atoms with Gasteiger partial charge in [0.15, 0.2) is 0 Å². The zero-order chi connectivity index (χ0) is 17.7. The maximum absolute atomic E-state index is 12.6. The maximum Gasteiger partial charge on any atom is 0.251 e. The summed E-state index contributed by atoms with van der Waals surface area (Å²) in [4.78, 5) is 16.3. The van der Waals surface area contributed by atoms with Crippen LogP contribution in [-0.2, 0) is 10.0 Å². The van der Waals surface area contributed by atoms with E-state index in [2.05, 4.69) is 10.2 Å². The van der Waals surface area contributed by atoms with Crippen molar-refractivity contribution in [1.82, 2.24) is 19.4 Å². The second-order valence-corrected chi connectivity index (χ2v) is 8.23. The summed E-state index contributed by atoms with van der Waals surface area (Å²) in [7, 11) is 2.36. The van der Waals surface area contributed by atoms with Crippen molar-refractivity contribution in [2.24, 2.45) is 0 Å². The number of likely N-dealkylation sites (N-methyl/N-ethyl adjacent to an activating group) is 2. The SMILES string of the molecule is CN(C)CCNC(=O)c1ccc(S(=O)(=O)N2CCN(C)CC2)cc1. The van der Waals surface area contributed by atoms with Crippen LogP contribution in [0.5, 0.6) is 0 Å². The van der Waals surface area contributed by atoms with Crippen LogP contribution in [0.25, 0.3) is 0 Å². The molecule has 0 aromatic heterocycles. The number of piperazine rings is 1. The highest BCUT2D eigenvalue weighted by Gasteiger charge is 2.27. The van der Waals surface area contributed by atoms with E-state index in [4.69, 9.17) is 0 Å². The minimum atomic E-state index is -3.49. The predicted molar refractivity (Wildman–Crippen MR) is 93.6 cm³/mol. The number of amides is 1. The minimum Gasteiger partial charge on any atom is -0.351 e. The van der Waals surface area contributed by atoms with Gasteiger partial charge in [0, 0.05) is 44.8 Å². The molecule has 1 heterocycles. The average Bonchev–Trinajstić information content (AvgIpc) is 2.55. The Hall–Kier alpha value is -1.48. The Morgan fingerprint density at radius 1 is 1.12 bits per heavy atom. The van der Waals surface area contributed by atoms with Crippen molar-refractivity contribution in [1.29, 1.82) is 0 Å². The smallest absolute Gasteiger partial charge is 0.251 e. The molecule has 0 atom stereocenters. The molecule has 0 spiro atoms. The van der Waals surface area contributed by atoms with Gasteiger partial charge in [-0.05, 0) is 45.4 Å². The number of hydrogen-bond donors (Lipinski definition) is 1. The van der Waals surface area contributed by atoms with Crippen LogP contribution in [0, 0.1) is 0 Å². The highest BCUT2D eigenvalue weighted by molar-refractivity contribution is 7.89. The second kappa shape index (κ2) is 8.06. The Morgan fingerprint density at radius 3 is 2.25 bits per heavy atom. The summed E-state index contributed by atoms with van der Waals surface area (Å²) >= 11 is 0. The van der Waals surface area contributed by atoms with E-state index in [9.17, 15) is 13.2 Å². The first-order valence-electron chi connectivity index (χ1n) is 8.02. The van der Waals surface area contributed by atoms with Gasteiger partial charge in [-0.15, -0.1) is 0 Å². The van der Waals surface area contributed by atoms with E-state index in [-0.39, 0.29) is 10.8 Å². The number of carbonyl (C=O) groups is 1. The number of rotatable bonds is 6. The van der Waals surface area contributed by atoms with Gasteiger partial charge in [-0.3, -0.25) is 4.79 Å². The number of nitrogens with zero attached hydrogens (tertiary/aromatic N) is 3. The number of nitrogens with one attached hydrogen (secondary N) is 1. The van der Waals surface area contributed by atoms with Gasteiger partial charge in [-0.1, -0.05) is 0 Å². The lowest BCUT2D eigenvalue weighted by Crippen LogP contribution is -2.47. The molecule has 0 unspecified atom stereocenters. The predicted octanol–water partition coefficient (Wildman–Crippen LogP) is -0.0859. The van der Waals surface area contributed by atoms with Crippen molar-refractivity contribution >= 4 is 15.9 Å². The molecule has 134 valence electrons. The van der Waals surface area contributed by atoms with Crippen molar-refractivity contribution in [3.05, 3.63) is 29.8 Å². The van der Waals surface area contributed by atoms with E-state index in [0.29, 0.717) is 25.2 Å². The molecule has 8 heteroatoms. The van der Waals surface area contributed by atoms with Gasteiger partial charge >= 0.3 is 0 Å². The van der Waals surface area contributed by atoms with Gasteiger partial charge in [0.25, 0.3) is 5.91 Å². The van der Waals surface area contributed by atoms with Crippen LogP contribution in [0.4, 0.5) is 0 Å². The number of carbonyl (C=O) groups excluding carboxylic acids is 1. The van der Waals surface area contributed by atoms with Crippen LogP contribution >= 0.6 is 0 Å². The van der Waals surface area contributed by atoms with Gasteiger partial charge < -0.3 is 15.1 Å². The van der Waals surface area contributed by atoms with Crippen LogP contribution in [-0.4, -0.2) is 88.8 Å². The quantitative estimate of drug-likeness (QED) is 0.773. The van der Waals surface area contributed by atoms with Crippen LogP contribution in [0.2, 0.25) is 0 Å². The highest BCUT2D eigenvalue weighted by atomic mass is 32.2. The van der Waals surface area contributed by atoms with Gasteiger partial charge in [0.2, 0.25) is 10.0 Å². The fraction of sp³-hybridized carbons (Fsp3) is 0.562. The molecule has 1 aliphatic heterocycles. The zero-order valence-electron chi connectivity index (χ0n) is 14.5. The summed E-state index contributed by atoms with van der Waals surface area (Å²) in [5.41, 5.74) is 0.464. The first-order chi connectivity index (χ1) is 11.3. The molecule has 0 aliphatic carbocycles. The first kappa shape index (κ1) is 18.9. The van der Waals surface area contributed by atoms with Crippen molar-refractivity contribution in [2.45, 2.75) is 4.90 Å². The van der Waals surface area contributed by atoms with Crippen LogP contribution in [0.15, 0.2) is 29.2 Å². The third-order valence-electron chi connectivity index (χ3n) is 4.06. The third-order valence-corrected chi connectivity index (χ3v) is 5.97. The lowest BCUT2D eigenvalue weighted by Gasteiger charge is -2.31. The zero-order valence-corrected chi connectivity index (χ0v) is 15.3. The molecule has 1 amide bonds. The molecule has 0 bridgehead atoms. The van der Waals surface area contributed by atoms with E-state index in [1.165, 1.54) is 16.4 Å². The molecule has 1 fully saturated rings. The van der Waals surface area contributed by atoms with Gasteiger partial charge in [-0.25, -0.2) is 8.42 Å². The van der Waals surface area contributed by atoms with Crippen LogP contribution in [0.3, 0.4) is 0 Å². The molecular formula is C16H26N4O3S. The highest BCUT2D eigenvalue weighted by Crippen LogP contribution is 2.18. The molecule has 2 rings (SSSR count). The molecular weight excluding hydrogens is 328 g/mol. The molecule has 0 saturated carbocycles. The standard InChI is InChI=1S/C16H26N4O3S/c1-18(2)9-8-17-16(21)14-4-6-15(7-5-14)24(22,23)20-12-10-19(3)11-13-20/h4-7H,8-13H2,1-3H3,(H,17,21). The first-order valence-corrected chi connectivity index (χ1v) is 9.46. The molecule has 1 aliphatic rings. The monoisotopic (exact) mass is 354 g/mol. The average molecular weight is 354 g/mol. The Labute approximate surface area is 144 Å². The van der Waals surface area contributed by atoms with E-state index in [1.54, 1.807) is 12.1 Å². The molecule has 0 radical (unpaired) electrons. The van der Waals surface area contributed by atoms with Gasteiger partial charge in [-0.2, -0.15) is 4.31 Å². The summed E-state index contributed by atoms with van der Waals surface area (Å²) in [6.45, 7) is 3.74. The van der Waals surface area contributed by atoms with Crippen molar-refractivity contribution in [3.63, 3.8) is 0 Å². The topological polar surface area (TPSA) is 73.0 Å². The molecule has 1 aromatic rings. The Balaban J connectivity index is 2.01. The Kier molecular flexibility index (Phi) is 6.34. The fourth-order valence-corrected chi connectivity index (χ4v) is 3.87. The molecule has 1 aromatic carbocycles. The van der Waals surface area contributed by atoms with E-state index in [0.717, 1.165) is 19.6 Å². The normalized spacial score (nSPS) is 17.2. The molecule has 24 heavy (non-hydrogen) atoms.